The molecule has 786 valence electrons. The third kappa shape index (κ3) is 81.7. The van der Waals surface area contributed by atoms with Gasteiger partial charge in [-0.05, 0) is 268 Å². The van der Waals surface area contributed by atoms with Gasteiger partial charge in [0.15, 0.2) is 0 Å². The van der Waals surface area contributed by atoms with Crippen LogP contribution in [0, 0.1) is 5.92 Å². The first-order chi connectivity index (χ1) is 63.7. The largest absolute Gasteiger partial charge is 0.370 e. The maximum Gasteiger partial charge on any atom is 0.0368 e. The minimum atomic E-state index is 0.273. The molecule has 8 N–H and O–H groups in total. The van der Waals surface area contributed by atoms with Gasteiger partial charge in [-0.15, -0.1) is 0 Å². The summed E-state index contributed by atoms with van der Waals surface area (Å²) in [6.07, 6.45) is 46.6. The highest BCUT2D eigenvalue weighted by molar-refractivity contribution is 8.00. The molecule has 0 amide bonds. The molecule has 2 aromatic rings. The van der Waals surface area contributed by atoms with Crippen molar-refractivity contribution in [3.63, 3.8) is 0 Å². The Hall–Kier alpha value is 0.280. The molecular formula is C108H226N16S8. The van der Waals surface area contributed by atoms with E-state index in [1.54, 1.807) is 0 Å². The maximum atomic E-state index is 3.57. The molecule has 16 nitrogen and oxygen atoms in total. The second kappa shape index (κ2) is 100.0. The van der Waals surface area contributed by atoms with Gasteiger partial charge in [-0.1, -0.05) is 135 Å². The quantitative estimate of drug-likeness (QED) is 0.0300. The van der Waals surface area contributed by atoms with Crippen molar-refractivity contribution >= 4 is 105 Å². The van der Waals surface area contributed by atoms with E-state index in [4.69, 9.17) is 0 Å². The van der Waals surface area contributed by atoms with Crippen LogP contribution in [0.1, 0.15) is 273 Å². The van der Waals surface area contributed by atoms with Crippen LogP contribution in [0.25, 0.3) is 0 Å². The summed E-state index contributed by atoms with van der Waals surface area (Å²) in [4.78, 5) is 20.7. The van der Waals surface area contributed by atoms with Gasteiger partial charge in [-0.25, -0.2) is 0 Å². The highest BCUT2D eigenvalue weighted by atomic mass is 32.2. The molecule has 0 aliphatic heterocycles. The van der Waals surface area contributed by atoms with Gasteiger partial charge in [0.1, 0.15) is 0 Å². The average Bonchev–Trinajstić information content (AvgIpc) is 1.63. The summed E-state index contributed by atoms with van der Waals surface area (Å²) in [6.45, 7) is 78.2. The van der Waals surface area contributed by atoms with Crippen LogP contribution >= 0.6 is 94.1 Å². The first-order valence-corrected chi connectivity index (χ1v) is 64.6. The van der Waals surface area contributed by atoms with Crippen molar-refractivity contribution in [1.82, 2.24) is 71.9 Å². The molecule has 0 bridgehead atoms. The number of unbranched alkanes of at least 4 members (excludes halogenated alkanes) is 3. The second-order valence-electron chi connectivity index (χ2n) is 38.8. The minimum Gasteiger partial charge on any atom is -0.370 e. The minimum absolute atomic E-state index is 0.273. The molecule has 132 heavy (non-hydrogen) atoms. The van der Waals surface area contributed by atoms with Crippen LogP contribution < -0.4 is 52.3 Å². The number of anilines is 2. The van der Waals surface area contributed by atoms with Crippen LogP contribution in [0.5, 0.6) is 0 Å². The van der Waals surface area contributed by atoms with Crippen molar-refractivity contribution in [2.75, 3.05) is 289 Å². The van der Waals surface area contributed by atoms with Gasteiger partial charge in [0.2, 0.25) is 0 Å². The monoisotopic (exact) mass is 2000 g/mol. The molecule has 0 spiro atoms. The van der Waals surface area contributed by atoms with E-state index in [0.717, 1.165) is 149 Å². The van der Waals surface area contributed by atoms with Crippen molar-refractivity contribution in [3.8, 4) is 0 Å². The lowest BCUT2D eigenvalue weighted by molar-refractivity contribution is 0.100. The normalized spacial score (nSPS) is 14.2. The summed E-state index contributed by atoms with van der Waals surface area (Å²) in [5.41, 5.74) is 2.93. The fourth-order valence-electron chi connectivity index (χ4n) is 17.1. The Kier molecular flexibility index (Phi) is 103. The third-order valence-corrected chi connectivity index (χ3v) is 29.9. The lowest BCUT2D eigenvalue weighted by Gasteiger charge is -2.39. The van der Waals surface area contributed by atoms with Crippen LogP contribution in [-0.2, 0) is 0 Å². The Bertz CT molecular complexity index is 2540. The number of nitrogens with zero attached hydrogens (tertiary/aromatic N) is 8. The Morgan fingerprint density at radius 3 is 0.992 bits per heavy atom. The van der Waals surface area contributed by atoms with Crippen molar-refractivity contribution in [2.45, 2.75) is 333 Å². The van der Waals surface area contributed by atoms with E-state index >= 15 is 0 Å². The molecule has 3 fully saturated rings. The standard InChI is InChI=1S/C16H34N2S.C15H26N2S.C14H30N2S.C14H24N2S.C13H28N2S.3C12H28N2S/c1-3-4-12-18(13-10-17-11-14-19-2)15-16-8-6-5-7-9-16;1-3-4-12-17(13-10-16-11-14-18-2)15-8-6-5-7-9-15;2*1-13(2)16(11-9-15-10-12-17-3)14-7-5-4-6-8-14;1-12(2)15(13-6-4-5-7-13)10-8-14-9-11-16-3;1-11(2)14(12(3,4)5)9-7-13-8-10-15-6;1-6-12(4)14(11(2)3)9-7-13-8-10-15-5;1-5-6-9-14(12(2)3)10-7-13-8-11-15-4/h16-17H,3-15H2,1-2H3;5-9,16H,3-4,10-14H2,1-2H3;13-15H,4-12H2,1-3H3;4-8,13,15H,9-12H2,1-3H3;12-14H,4-11H2,1-3H3;11,13H,7-10H2,1-6H3;11-13H,6-10H2,1-5H3;12-13H,5-11H2,1-4H3. The zero-order chi connectivity index (χ0) is 98.7. The van der Waals surface area contributed by atoms with E-state index in [-0.39, 0.29) is 5.54 Å². The Morgan fingerprint density at radius 1 is 0.311 bits per heavy atom. The lowest BCUT2D eigenvalue weighted by atomic mass is 9.89. The van der Waals surface area contributed by atoms with E-state index in [2.05, 4.69) is 331 Å². The first-order valence-electron chi connectivity index (χ1n) is 53.4. The van der Waals surface area contributed by atoms with E-state index in [1.807, 2.05) is 94.1 Å². The molecule has 1 unspecified atom stereocenters. The smallest absolute Gasteiger partial charge is 0.0368 e. The molecule has 3 aliphatic rings. The van der Waals surface area contributed by atoms with Crippen LogP contribution in [0.3, 0.4) is 0 Å². The average molecular weight is 2010 g/mol. The van der Waals surface area contributed by atoms with Crippen LogP contribution in [-0.4, -0.2) is 369 Å². The van der Waals surface area contributed by atoms with E-state index < -0.39 is 0 Å². The number of hydrogen-bond acceptors (Lipinski definition) is 24. The zero-order valence-corrected chi connectivity index (χ0v) is 98.7. The molecule has 3 aliphatic carbocycles. The fraction of sp³-hybridized carbons (Fsp3) is 0.889. The Morgan fingerprint density at radius 2 is 0.644 bits per heavy atom. The highest BCUT2D eigenvalue weighted by Crippen LogP contribution is 2.28. The third-order valence-electron chi connectivity index (χ3n) is 25.0. The molecule has 3 saturated carbocycles. The van der Waals surface area contributed by atoms with Crippen LogP contribution in [0.15, 0.2) is 60.7 Å². The summed E-state index contributed by atoms with van der Waals surface area (Å²) in [5.74, 6) is 10.7. The number of para-hydroxylation sites is 2. The second-order valence-corrected chi connectivity index (χ2v) is 46.7. The van der Waals surface area contributed by atoms with E-state index in [9.17, 15) is 0 Å². The summed E-state index contributed by atoms with van der Waals surface area (Å²) in [6, 6.07) is 27.7. The molecule has 0 aromatic heterocycles. The van der Waals surface area contributed by atoms with Gasteiger partial charge < -0.3 is 57.2 Å². The number of nitrogens with one attached hydrogen (secondary N) is 8. The topological polar surface area (TPSA) is 122 Å². The molecule has 24 heteroatoms. The highest BCUT2D eigenvalue weighted by Gasteiger charge is 2.27. The summed E-state index contributed by atoms with van der Waals surface area (Å²) in [7, 11) is 0. The number of benzene rings is 2. The van der Waals surface area contributed by atoms with Crippen molar-refractivity contribution < 1.29 is 0 Å². The molecular weight excluding hydrogens is 1780 g/mol. The number of thioether (sulfide) groups is 8. The van der Waals surface area contributed by atoms with Crippen LogP contribution in [0.2, 0.25) is 0 Å². The van der Waals surface area contributed by atoms with Gasteiger partial charge in [-0.3, -0.25) is 24.5 Å². The predicted octanol–water partition coefficient (Wildman–Crippen LogP) is 22.6. The molecule has 0 heterocycles. The van der Waals surface area contributed by atoms with Crippen LogP contribution in [0.4, 0.5) is 11.4 Å². The molecule has 5 rings (SSSR count). The first kappa shape index (κ1) is 136. The van der Waals surface area contributed by atoms with Gasteiger partial charge >= 0.3 is 0 Å². The molecule has 0 radical (unpaired) electrons. The SMILES string of the molecule is CCC(C)N(CCNCCSC)C(C)C.CCCCN(CCNCCSC)C(C)C.CCCCN(CCNCCSC)CC1CCCCC1.CCCCN(CCNCCSC)c1ccccc1.CSCCNCCN(C(C)C)C(C)(C)C.CSCCNCCN(C(C)C)C1CCCC1.CSCCNCCN(C(C)C)C1CCCCC1.CSCCNCCN(c1ccccc1)C(C)C. The number of rotatable bonds is 71. The molecule has 2 aromatic carbocycles. The predicted molar refractivity (Wildman–Crippen MR) is 628 cm³/mol. The van der Waals surface area contributed by atoms with Crippen molar-refractivity contribution in [2.24, 2.45) is 5.92 Å². The van der Waals surface area contributed by atoms with Gasteiger partial charge in [0.05, 0.1) is 0 Å². The van der Waals surface area contributed by atoms with Gasteiger partial charge in [-0.2, -0.15) is 94.1 Å². The maximum absolute atomic E-state index is 3.57. The molecule has 1 atom stereocenters. The Labute approximate surface area is 859 Å². The summed E-state index contributed by atoms with van der Waals surface area (Å²) in [5, 5.41) is 28.1. The molecule has 0 saturated heterocycles. The number of hydrogen-bond donors (Lipinski definition) is 8. The van der Waals surface area contributed by atoms with Crippen molar-refractivity contribution in [1.29, 1.82) is 0 Å². The van der Waals surface area contributed by atoms with Crippen molar-refractivity contribution in [3.05, 3.63) is 60.7 Å². The van der Waals surface area contributed by atoms with E-state index in [1.165, 1.54) is 245 Å². The Balaban J connectivity index is -0.00000144. The summed E-state index contributed by atoms with van der Waals surface area (Å²) < 4.78 is 0. The zero-order valence-electron chi connectivity index (χ0n) is 92.2. The van der Waals surface area contributed by atoms with E-state index in [0.29, 0.717) is 42.3 Å². The van der Waals surface area contributed by atoms with Gasteiger partial charge in [0, 0.05) is 287 Å². The lowest BCUT2D eigenvalue weighted by Crippen LogP contribution is -2.48. The van der Waals surface area contributed by atoms with Gasteiger partial charge in [0.25, 0.3) is 0 Å². The summed E-state index contributed by atoms with van der Waals surface area (Å²) >= 11 is 15.2. The fourth-order valence-corrected chi connectivity index (χ4v) is 19.9.